The Morgan fingerprint density at radius 2 is 1.86 bits per heavy atom. The van der Waals surface area contributed by atoms with Gasteiger partial charge in [0.05, 0.1) is 0 Å². The molecule has 2 aromatic rings. The second-order valence-corrected chi connectivity index (χ2v) is 7.07. The van der Waals surface area contributed by atoms with Gasteiger partial charge in [-0.2, -0.15) is 0 Å². The number of amides is 1. The van der Waals surface area contributed by atoms with Gasteiger partial charge in [-0.15, -0.1) is 11.3 Å². The molecule has 1 heterocycles. The summed E-state index contributed by atoms with van der Waals surface area (Å²) in [4.78, 5) is 14.6. The zero-order valence-corrected chi connectivity index (χ0v) is 14.4. The summed E-state index contributed by atoms with van der Waals surface area (Å²) in [6.07, 6.45) is 0.855. The van der Waals surface area contributed by atoms with Gasteiger partial charge < -0.3 is 10.1 Å². The first-order valence-corrected chi connectivity index (χ1v) is 8.31. The van der Waals surface area contributed by atoms with Crippen LogP contribution in [0.3, 0.4) is 0 Å². The third kappa shape index (κ3) is 4.60. The fourth-order valence-electron chi connectivity index (χ4n) is 2.43. The van der Waals surface area contributed by atoms with Crippen LogP contribution in [0.5, 0.6) is 5.75 Å². The topological polar surface area (TPSA) is 38.3 Å². The average molecular weight is 317 g/mol. The minimum absolute atomic E-state index is 0.0551. The summed E-state index contributed by atoms with van der Waals surface area (Å²) < 4.78 is 5.68. The Hall–Kier alpha value is -1.81. The highest BCUT2D eigenvalue weighted by Gasteiger charge is 2.11. The van der Waals surface area contributed by atoms with E-state index in [0.717, 1.165) is 23.3 Å². The molecule has 0 radical (unpaired) electrons. The summed E-state index contributed by atoms with van der Waals surface area (Å²) in [5, 5.41) is 2.99. The van der Waals surface area contributed by atoms with E-state index in [0.29, 0.717) is 0 Å². The lowest BCUT2D eigenvalue weighted by Gasteiger charge is -2.15. The van der Waals surface area contributed by atoms with Crippen molar-refractivity contribution < 1.29 is 9.53 Å². The molecule has 22 heavy (non-hydrogen) atoms. The van der Waals surface area contributed by atoms with E-state index in [4.69, 9.17) is 4.74 Å². The number of ether oxygens (including phenoxy) is 1. The van der Waals surface area contributed by atoms with Crippen molar-refractivity contribution in [1.82, 2.24) is 5.32 Å². The number of nitrogens with one attached hydrogen (secondary N) is 1. The van der Waals surface area contributed by atoms with Gasteiger partial charge in [0.1, 0.15) is 5.75 Å². The molecular weight excluding hydrogens is 294 g/mol. The van der Waals surface area contributed by atoms with E-state index < -0.39 is 0 Å². The summed E-state index contributed by atoms with van der Waals surface area (Å²) >= 11 is 1.77. The molecule has 1 unspecified atom stereocenters. The first-order chi connectivity index (χ1) is 10.5. The fourth-order valence-corrected chi connectivity index (χ4v) is 3.45. The van der Waals surface area contributed by atoms with Crippen LogP contribution in [0.15, 0.2) is 30.3 Å². The third-order valence-corrected chi connectivity index (χ3v) is 4.49. The summed E-state index contributed by atoms with van der Waals surface area (Å²) in [7, 11) is 0. The van der Waals surface area contributed by atoms with Crippen LogP contribution in [0.25, 0.3) is 0 Å². The van der Waals surface area contributed by atoms with Gasteiger partial charge in [-0.05, 0) is 51.0 Å². The number of benzene rings is 1. The standard InChI is InChI=1S/C18H23NO2S/c1-12-6-5-7-13(2)18(12)21-11-17(20)19-14(3)10-16-9-8-15(4)22-16/h5-9,14H,10-11H2,1-4H3,(H,19,20). The molecule has 2 rings (SSSR count). The molecule has 0 fully saturated rings. The zero-order valence-electron chi connectivity index (χ0n) is 13.6. The molecule has 0 aliphatic carbocycles. The number of hydrogen-bond acceptors (Lipinski definition) is 3. The Morgan fingerprint density at radius 3 is 2.45 bits per heavy atom. The van der Waals surface area contributed by atoms with Gasteiger partial charge in [0.25, 0.3) is 5.91 Å². The SMILES string of the molecule is Cc1ccc(CC(C)NC(=O)COc2c(C)cccc2C)s1. The fraction of sp³-hybridized carbons (Fsp3) is 0.389. The highest BCUT2D eigenvalue weighted by Crippen LogP contribution is 2.22. The first-order valence-electron chi connectivity index (χ1n) is 7.49. The van der Waals surface area contributed by atoms with Crippen LogP contribution in [0.1, 0.15) is 27.8 Å². The molecule has 0 saturated heterocycles. The number of aryl methyl sites for hydroxylation is 3. The van der Waals surface area contributed by atoms with Crippen LogP contribution < -0.4 is 10.1 Å². The summed E-state index contributed by atoms with van der Waals surface area (Å²) in [6.45, 7) is 8.14. The van der Waals surface area contributed by atoms with Gasteiger partial charge in [-0.25, -0.2) is 0 Å². The van der Waals surface area contributed by atoms with Crippen LogP contribution in [0.4, 0.5) is 0 Å². The Bertz CT molecular complexity index is 628. The van der Waals surface area contributed by atoms with Crippen molar-refractivity contribution >= 4 is 17.2 Å². The predicted octanol–water partition coefficient (Wildman–Crippen LogP) is 3.80. The van der Waals surface area contributed by atoms with Crippen molar-refractivity contribution in [3.05, 3.63) is 51.2 Å². The van der Waals surface area contributed by atoms with Crippen LogP contribution in [-0.2, 0) is 11.2 Å². The van der Waals surface area contributed by atoms with Gasteiger partial charge in [-0.1, -0.05) is 18.2 Å². The average Bonchev–Trinajstić information content (AvgIpc) is 2.83. The highest BCUT2D eigenvalue weighted by atomic mass is 32.1. The lowest BCUT2D eigenvalue weighted by Crippen LogP contribution is -2.37. The van der Waals surface area contributed by atoms with Crippen molar-refractivity contribution in [2.24, 2.45) is 0 Å². The van der Waals surface area contributed by atoms with E-state index in [1.54, 1.807) is 11.3 Å². The molecule has 0 spiro atoms. The van der Waals surface area contributed by atoms with Gasteiger partial charge in [0, 0.05) is 22.2 Å². The monoisotopic (exact) mass is 317 g/mol. The lowest BCUT2D eigenvalue weighted by atomic mass is 10.1. The predicted molar refractivity (Wildman–Crippen MR) is 91.8 cm³/mol. The van der Waals surface area contributed by atoms with Crippen molar-refractivity contribution in [2.45, 2.75) is 40.2 Å². The summed E-state index contributed by atoms with van der Waals surface area (Å²) in [5.41, 5.74) is 2.10. The van der Waals surface area contributed by atoms with E-state index in [1.165, 1.54) is 9.75 Å². The van der Waals surface area contributed by atoms with Gasteiger partial charge >= 0.3 is 0 Å². The molecule has 1 atom stereocenters. The number of carbonyl (C=O) groups excluding carboxylic acids is 1. The molecule has 0 aliphatic heterocycles. The number of carbonyl (C=O) groups is 1. The van der Waals surface area contributed by atoms with E-state index in [-0.39, 0.29) is 18.6 Å². The van der Waals surface area contributed by atoms with E-state index in [2.05, 4.69) is 24.4 Å². The Balaban J connectivity index is 1.82. The number of thiophene rings is 1. The van der Waals surface area contributed by atoms with Crippen LogP contribution in [-0.4, -0.2) is 18.6 Å². The minimum Gasteiger partial charge on any atom is -0.483 e. The van der Waals surface area contributed by atoms with E-state index in [9.17, 15) is 4.79 Å². The van der Waals surface area contributed by atoms with Crippen LogP contribution in [0, 0.1) is 20.8 Å². The Morgan fingerprint density at radius 1 is 1.18 bits per heavy atom. The van der Waals surface area contributed by atoms with E-state index in [1.807, 2.05) is 39.0 Å². The molecule has 1 aromatic heterocycles. The quantitative estimate of drug-likeness (QED) is 0.880. The molecule has 3 nitrogen and oxygen atoms in total. The number of para-hydroxylation sites is 1. The van der Waals surface area contributed by atoms with Crippen molar-refractivity contribution in [3.63, 3.8) is 0 Å². The summed E-state index contributed by atoms with van der Waals surface area (Å²) in [6, 6.07) is 10.3. The normalized spacial score (nSPS) is 12.0. The second kappa shape index (κ2) is 7.45. The maximum absolute atomic E-state index is 12.0. The highest BCUT2D eigenvalue weighted by molar-refractivity contribution is 7.11. The molecule has 1 N–H and O–H groups in total. The van der Waals surface area contributed by atoms with Crippen molar-refractivity contribution in [2.75, 3.05) is 6.61 Å². The second-order valence-electron chi connectivity index (χ2n) is 5.69. The van der Waals surface area contributed by atoms with Crippen LogP contribution in [0.2, 0.25) is 0 Å². The smallest absolute Gasteiger partial charge is 0.258 e. The van der Waals surface area contributed by atoms with Gasteiger partial charge in [0.15, 0.2) is 6.61 Å². The van der Waals surface area contributed by atoms with Gasteiger partial charge in [0.2, 0.25) is 0 Å². The lowest BCUT2D eigenvalue weighted by molar-refractivity contribution is -0.123. The molecule has 0 aliphatic rings. The largest absolute Gasteiger partial charge is 0.483 e. The van der Waals surface area contributed by atoms with Crippen molar-refractivity contribution in [1.29, 1.82) is 0 Å². The molecule has 0 bridgehead atoms. The zero-order chi connectivity index (χ0) is 16.1. The maximum Gasteiger partial charge on any atom is 0.258 e. The number of rotatable bonds is 6. The number of hydrogen-bond donors (Lipinski definition) is 1. The molecule has 118 valence electrons. The molecular formula is C18H23NO2S. The van der Waals surface area contributed by atoms with Crippen LogP contribution >= 0.6 is 11.3 Å². The minimum atomic E-state index is -0.0802. The van der Waals surface area contributed by atoms with Crippen molar-refractivity contribution in [3.8, 4) is 5.75 Å². The molecule has 1 amide bonds. The van der Waals surface area contributed by atoms with Gasteiger partial charge in [-0.3, -0.25) is 4.79 Å². The molecule has 1 aromatic carbocycles. The molecule has 4 heteroatoms. The first kappa shape index (κ1) is 16.6. The Labute approximate surface area is 136 Å². The Kier molecular flexibility index (Phi) is 5.61. The summed E-state index contributed by atoms with van der Waals surface area (Å²) in [5.74, 6) is 0.725. The molecule has 0 saturated carbocycles. The van der Waals surface area contributed by atoms with E-state index >= 15 is 0 Å². The third-order valence-electron chi connectivity index (χ3n) is 3.47. The maximum atomic E-state index is 12.0.